The second kappa shape index (κ2) is 7.52. The van der Waals surface area contributed by atoms with Gasteiger partial charge in [0.15, 0.2) is 0 Å². The number of sulfonamides is 1. The Morgan fingerprint density at radius 2 is 1.79 bits per heavy atom. The number of rotatable bonds is 4. The molecule has 3 heterocycles. The van der Waals surface area contributed by atoms with Gasteiger partial charge in [-0.1, -0.05) is 35.9 Å². The number of halogens is 1. The van der Waals surface area contributed by atoms with E-state index in [1.54, 1.807) is 16.4 Å². The van der Waals surface area contributed by atoms with Crippen LogP contribution in [0.25, 0.3) is 11.1 Å². The van der Waals surface area contributed by atoms with Crippen LogP contribution in [-0.4, -0.2) is 43.3 Å². The molecule has 0 saturated carbocycles. The highest BCUT2D eigenvalue weighted by Gasteiger charge is 2.40. The van der Waals surface area contributed by atoms with E-state index in [-0.39, 0.29) is 0 Å². The Morgan fingerprint density at radius 3 is 2.55 bits per heavy atom. The van der Waals surface area contributed by atoms with Gasteiger partial charge in [0.2, 0.25) is 10.0 Å². The second-order valence-electron chi connectivity index (χ2n) is 7.60. The maximum absolute atomic E-state index is 13.0. The lowest BCUT2D eigenvalue weighted by Gasteiger charge is -2.45. The van der Waals surface area contributed by atoms with Crippen LogP contribution in [0.4, 0.5) is 0 Å². The van der Waals surface area contributed by atoms with Crippen LogP contribution < -0.4 is 0 Å². The number of nitrogens with zero attached hydrogens (tertiary/aromatic N) is 2. The van der Waals surface area contributed by atoms with Crippen molar-refractivity contribution < 1.29 is 8.42 Å². The fourth-order valence-corrected chi connectivity index (χ4v) is 6.66. The summed E-state index contributed by atoms with van der Waals surface area (Å²) >= 11 is 7.89. The Hall–Kier alpha value is -1.70. The molecule has 2 aliphatic rings. The summed E-state index contributed by atoms with van der Waals surface area (Å²) in [6, 6.07) is 17.1. The predicted molar refractivity (Wildman–Crippen MR) is 118 cm³/mol. The van der Waals surface area contributed by atoms with Crippen LogP contribution in [0.2, 0.25) is 5.02 Å². The molecule has 0 atom stereocenters. The molecule has 5 rings (SSSR count). The average Bonchev–Trinajstić information content (AvgIpc) is 3.15. The van der Waals surface area contributed by atoms with Gasteiger partial charge in [0.05, 0.1) is 4.90 Å². The van der Waals surface area contributed by atoms with Crippen LogP contribution in [-0.2, 0) is 23.0 Å². The number of hydrogen-bond donors (Lipinski definition) is 0. The summed E-state index contributed by atoms with van der Waals surface area (Å²) in [5.41, 5.74) is 3.33. The minimum Gasteiger partial charge on any atom is -0.293 e. The molecule has 29 heavy (non-hydrogen) atoms. The average molecular weight is 445 g/mol. The molecule has 3 aromatic rings. The van der Waals surface area contributed by atoms with Crippen molar-refractivity contribution in [3.63, 3.8) is 0 Å². The van der Waals surface area contributed by atoms with Gasteiger partial charge in [0.25, 0.3) is 0 Å². The molecule has 4 nitrogen and oxygen atoms in total. The molecular weight excluding hydrogens is 424 g/mol. The maximum Gasteiger partial charge on any atom is 0.243 e. The molecular formula is C22H21ClN2O2S2. The molecule has 150 valence electrons. The number of hydrogen-bond acceptors (Lipinski definition) is 4. The number of benzene rings is 2. The molecule has 0 unspecified atom stereocenters. The summed E-state index contributed by atoms with van der Waals surface area (Å²) in [4.78, 5) is 4.24. The first-order valence-electron chi connectivity index (χ1n) is 9.66. The molecule has 0 N–H and O–H groups in total. The van der Waals surface area contributed by atoms with Crippen molar-refractivity contribution in [2.24, 2.45) is 0 Å². The van der Waals surface area contributed by atoms with E-state index in [2.05, 4.69) is 16.3 Å². The summed E-state index contributed by atoms with van der Waals surface area (Å²) in [6.45, 7) is 3.09. The Balaban J connectivity index is 1.26. The quantitative estimate of drug-likeness (QED) is 0.594. The van der Waals surface area contributed by atoms with Crippen LogP contribution in [0.5, 0.6) is 0 Å². The van der Waals surface area contributed by atoms with Gasteiger partial charge in [-0.2, -0.15) is 4.31 Å². The summed E-state index contributed by atoms with van der Waals surface area (Å²) in [5.74, 6) is 0. The highest BCUT2D eigenvalue weighted by Crippen LogP contribution is 2.31. The summed E-state index contributed by atoms with van der Waals surface area (Å²) in [6.07, 6.45) is 1.07. The fourth-order valence-electron chi connectivity index (χ4n) is 4.06. The monoisotopic (exact) mass is 444 g/mol. The maximum atomic E-state index is 13.0. The largest absolute Gasteiger partial charge is 0.293 e. The summed E-state index contributed by atoms with van der Waals surface area (Å²) < 4.78 is 27.6. The Kier molecular flexibility index (Phi) is 5.00. The van der Waals surface area contributed by atoms with Gasteiger partial charge in [-0.15, -0.1) is 11.3 Å². The van der Waals surface area contributed by atoms with E-state index in [9.17, 15) is 8.42 Å². The molecule has 0 amide bonds. The molecule has 2 aliphatic heterocycles. The SMILES string of the molecule is O=S(=O)(c1ccc(-c2cccc(Cl)c2)cc1)N1CC(N2CCc3sccc3C2)C1. The number of fused-ring (bicyclic) bond motifs is 1. The fraction of sp³-hybridized carbons (Fsp3) is 0.273. The van der Waals surface area contributed by atoms with Crippen molar-refractivity contribution in [3.8, 4) is 11.1 Å². The van der Waals surface area contributed by atoms with Gasteiger partial charge < -0.3 is 0 Å². The third kappa shape index (κ3) is 3.64. The van der Waals surface area contributed by atoms with Gasteiger partial charge in [-0.05, 0) is 58.8 Å². The van der Waals surface area contributed by atoms with E-state index in [0.29, 0.717) is 29.0 Å². The standard InChI is InChI=1S/C22H21ClN2O2S2/c23-19-3-1-2-17(12-19)16-4-6-21(7-5-16)29(26,27)25-14-20(15-25)24-10-8-22-18(13-24)9-11-28-22/h1-7,9,11-12,20H,8,10,13-15H2. The molecule has 1 aromatic heterocycles. The zero-order valence-corrected chi connectivity index (χ0v) is 18.2. The first-order chi connectivity index (χ1) is 14.0. The lowest BCUT2D eigenvalue weighted by Crippen LogP contribution is -2.61. The van der Waals surface area contributed by atoms with Crippen molar-refractivity contribution in [2.45, 2.75) is 23.9 Å². The van der Waals surface area contributed by atoms with Gasteiger partial charge in [-0.3, -0.25) is 4.90 Å². The Labute approximate surface area is 180 Å². The zero-order chi connectivity index (χ0) is 20.0. The third-order valence-corrected chi connectivity index (χ3v) is 8.94. The highest BCUT2D eigenvalue weighted by molar-refractivity contribution is 7.89. The predicted octanol–water partition coefficient (Wildman–Crippen LogP) is 4.50. The van der Waals surface area contributed by atoms with Crippen LogP contribution >= 0.6 is 22.9 Å². The van der Waals surface area contributed by atoms with E-state index in [1.165, 1.54) is 10.4 Å². The third-order valence-electron chi connectivity index (χ3n) is 5.83. The minimum absolute atomic E-state index is 0.309. The topological polar surface area (TPSA) is 40.6 Å². The molecule has 0 radical (unpaired) electrons. The molecule has 0 bridgehead atoms. The van der Waals surface area contributed by atoms with Crippen molar-refractivity contribution in [3.05, 3.63) is 75.4 Å². The zero-order valence-electron chi connectivity index (χ0n) is 15.8. The van der Waals surface area contributed by atoms with E-state index in [1.807, 2.05) is 47.7 Å². The molecule has 1 fully saturated rings. The molecule has 2 aromatic carbocycles. The van der Waals surface area contributed by atoms with E-state index < -0.39 is 10.0 Å². The highest BCUT2D eigenvalue weighted by atomic mass is 35.5. The Bertz CT molecular complexity index is 1140. The van der Waals surface area contributed by atoms with Crippen LogP contribution in [0.15, 0.2) is 64.9 Å². The normalized spacial score (nSPS) is 18.4. The second-order valence-corrected chi connectivity index (χ2v) is 11.0. The smallest absolute Gasteiger partial charge is 0.243 e. The van der Waals surface area contributed by atoms with Crippen LogP contribution in [0.1, 0.15) is 10.4 Å². The van der Waals surface area contributed by atoms with Gasteiger partial charge in [0.1, 0.15) is 0 Å². The van der Waals surface area contributed by atoms with Crippen molar-refractivity contribution in [1.82, 2.24) is 9.21 Å². The van der Waals surface area contributed by atoms with E-state index in [0.717, 1.165) is 30.6 Å². The van der Waals surface area contributed by atoms with Gasteiger partial charge in [0, 0.05) is 42.1 Å². The minimum atomic E-state index is -3.45. The molecule has 7 heteroatoms. The lowest BCUT2D eigenvalue weighted by atomic mass is 10.0. The molecule has 0 aliphatic carbocycles. The van der Waals surface area contributed by atoms with Crippen LogP contribution in [0, 0.1) is 0 Å². The van der Waals surface area contributed by atoms with E-state index in [4.69, 9.17) is 11.6 Å². The first-order valence-corrected chi connectivity index (χ1v) is 12.4. The van der Waals surface area contributed by atoms with Crippen molar-refractivity contribution in [2.75, 3.05) is 19.6 Å². The summed E-state index contributed by atoms with van der Waals surface area (Å²) in [7, 11) is -3.45. The molecule has 1 saturated heterocycles. The first kappa shape index (κ1) is 19.3. The number of thiophene rings is 1. The van der Waals surface area contributed by atoms with Gasteiger partial charge >= 0.3 is 0 Å². The lowest BCUT2D eigenvalue weighted by molar-refractivity contribution is 0.0775. The van der Waals surface area contributed by atoms with Crippen LogP contribution in [0.3, 0.4) is 0 Å². The van der Waals surface area contributed by atoms with Crippen molar-refractivity contribution >= 4 is 33.0 Å². The Morgan fingerprint density at radius 1 is 1.00 bits per heavy atom. The van der Waals surface area contributed by atoms with Gasteiger partial charge in [-0.25, -0.2) is 8.42 Å². The van der Waals surface area contributed by atoms with Crippen molar-refractivity contribution in [1.29, 1.82) is 0 Å². The molecule has 0 spiro atoms. The summed E-state index contributed by atoms with van der Waals surface area (Å²) in [5, 5.41) is 2.82. The van der Waals surface area contributed by atoms with E-state index >= 15 is 0 Å².